The fraction of sp³-hybridized carbons (Fsp3) is 0.214. The van der Waals surface area contributed by atoms with E-state index < -0.39 is 22.0 Å². The van der Waals surface area contributed by atoms with Crippen LogP contribution in [0, 0.1) is 0 Å². The molecule has 1 unspecified atom stereocenters. The Morgan fingerprint density at radius 2 is 1.83 bits per heavy atom. The lowest BCUT2D eigenvalue weighted by Crippen LogP contribution is -2.38. The number of nitrogens with zero attached hydrogens (tertiary/aromatic N) is 3. The van der Waals surface area contributed by atoms with E-state index in [0.717, 1.165) is 22.3 Å². The van der Waals surface area contributed by atoms with E-state index in [2.05, 4.69) is 24.4 Å². The number of nitrogens with two attached hydrogens (primary N) is 1. The Hall–Kier alpha value is -4.49. The van der Waals surface area contributed by atoms with Gasteiger partial charge in [0, 0.05) is 23.5 Å². The molecule has 1 amide bonds. The van der Waals surface area contributed by atoms with E-state index in [4.69, 9.17) is 15.2 Å². The van der Waals surface area contributed by atoms with Crippen molar-refractivity contribution in [2.45, 2.75) is 37.9 Å². The molecule has 0 aliphatic carbocycles. The Kier molecular flexibility index (Phi) is 7.90. The van der Waals surface area contributed by atoms with Crippen molar-refractivity contribution in [3.8, 4) is 11.5 Å². The molecule has 4 N–H and O–H groups in total. The van der Waals surface area contributed by atoms with Gasteiger partial charge in [-0.05, 0) is 85.7 Å². The summed E-state index contributed by atoms with van der Waals surface area (Å²) in [5, 5.41) is 4.78. The highest BCUT2D eigenvalue weighted by Gasteiger charge is 2.29. The summed E-state index contributed by atoms with van der Waals surface area (Å²) in [5.74, 6) is 0.489. The number of ether oxygens (including phenoxy) is 2. The van der Waals surface area contributed by atoms with Gasteiger partial charge in [0.25, 0.3) is 15.9 Å². The zero-order valence-corrected chi connectivity index (χ0v) is 24.1. The maximum Gasteiger partial charge on any atom is 0.282 e. The Balaban J connectivity index is 1.55. The molecular weight excluding hydrogens is 564 g/mol. The van der Waals surface area contributed by atoms with Gasteiger partial charge in [-0.15, -0.1) is 0 Å². The van der Waals surface area contributed by atoms with Crippen LogP contribution in [-0.2, 0) is 14.8 Å². The van der Waals surface area contributed by atoms with Gasteiger partial charge in [0.15, 0.2) is 16.5 Å². The highest BCUT2D eigenvalue weighted by atomic mass is 32.2. The lowest BCUT2D eigenvalue weighted by atomic mass is 10.0. The average molecular weight is 593 g/mol. The van der Waals surface area contributed by atoms with E-state index in [1.807, 2.05) is 20.8 Å². The summed E-state index contributed by atoms with van der Waals surface area (Å²) < 4.78 is 45.3. The number of fused-ring (bicyclic) bond motifs is 2. The van der Waals surface area contributed by atoms with Crippen LogP contribution in [0.25, 0.3) is 20.9 Å². The van der Waals surface area contributed by atoms with Crippen LogP contribution in [0.4, 0.5) is 11.5 Å². The van der Waals surface area contributed by atoms with Crippen molar-refractivity contribution in [2.75, 3.05) is 17.7 Å². The van der Waals surface area contributed by atoms with Crippen molar-refractivity contribution in [2.24, 2.45) is 0 Å². The second kappa shape index (κ2) is 11.6. The highest BCUT2D eigenvalue weighted by molar-refractivity contribution is 7.90. The number of hydrogen-bond donors (Lipinski definition) is 3. The van der Waals surface area contributed by atoms with E-state index in [0.29, 0.717) is 45.3 Å². The number of anilines is 2. The second-order valence-corrected chi connectivity index (χ2v) is 11.8. The predicted molar refractivity (Wildman–Crippen MR) is 159 cm³/mol. The maximum atomic E-state index is 13.8. The van der Waals surface area contributed by atoms with Crippen LogP contribution in [0.1, 0.15) is 32.4 Å². The summed E-state index contributed by atoms with van der Waals surface area (Å²) in [6.45, 7) is 5.99. The number of carbonyl (C=O) groups is 1. The molecule has 0 saturated heterocycles. The lowest BCUT2D eigenvalue weighted by Gasteiger charge is -2.22. The molecule has 5 rings (SSSR count). The fourth-order valence-electron chi connectivity index (χ4n) is 4.31. The quantitative estimate of drug-likeness (QED) is 0.208. The first kappa shape index (κ1) is 28.1. The lowest BCUT2D eigenvalue weighted by molar-refractivity contribution is -0.120. The molecule has 0 aliphatic heterocycles. The summed E-state index contributed by atoms with van der Waals surface area (Å²) >= 11 is 1.14. The summed E-state index contributed by atoms with van der Waals surface area (Å²) in [4.78, 5) is 21.9. The van der Waals surface area contributed by atoms with Gasteiger partial charge in [-0.2, -0.15) is 12.8 Å². The minimum Gasteiger partial charge on any atom is -0.490 e. The minimum atomic E-state index is -4.35. The number of benzene rings is 2. The van der Waals surface area contributed by atoms with Crippen molar-refractivity contribution in [3.63, 3.8) is 0 Å². The van der Waals surface area contributed by atoms with Crippen LogP contribution >= 0.6 is 11.5 Å². The third kappa shape index (κ3) is 6.00. The van der Waals surface area contributed by atoms with E-state index in [9.17, 15) is 13.2 Å². The minimum absolute atomic E-state index is 0.108. The first-order valence-corrected chi connectivity index (χ1v) is 15.0. The number of nitrogens with one attached hydrogen (secondary N) is 2. The van der Waals surface area contributed by atoms with Gasteiger partial charge in [0.2, 0.25) is 0 Å². The zero-order chi connectivity index (χ0) is 29.1. The van der Waals surface area contributed by atoms with Crippen LogP contribution in [0.5, 0.6) is 11.5 Å². The van der Waals surface area contributed by atoms with Crippen LogP contribution in [0.15, 0.2) is 72.1 Å². The molecule has 1 atom stereocenters. The Morgan fingerprint density at radius 1 is 1.02 bits per heavy atom. The van der Waals surface area contributed by atoms with Crippen LogP contribution in [-0.4, -0.2) is 41.4 Å². The third-order valence-corrected chi connectivity index (χ3v) is 8.14. The molecule has 41 heavy (non-hydrogen) atoms. The monoisotopic (exact) mass is 592 g/mol. The predicted octanol–water partition coefficient (Wildman–Crippen LogP) is 4.67. The molecule has 0 saturated carbocycles. The average Bonchev–Trinajstić information content (AvgIpc) is 3.41. The molecule has 0 aliphatic rings. The van der Waals surface area contributed by atoms with E-state index >= 15 is 0 Å². The number of pyridine rings is 2. The molecule has 212 valence electrons. The van der Waals surface area contributed by atoms with Gasteiger partial charge >= 0.3 is 0 Å². The fourth-order valence-corrected chi connectivity index (χ4v) is 6.14. The first-order chi connectivity index (χ1) is 19.7. The third-order valence-electron chi connectivity index (χ3n) is 6.07. The molecule has 3 heterocycles. The van der Waals surface area contributed by atoms with E-state index in [-0.39, 0.29) is 11.1 Å². The number of sulfonamides is 1. The molecule has 13 heteroatoms. The molecule has 2 aromatic carbocycles. The van der Waals surface area contributed by atoms with Gasteiger partial charge in [-0.25, -0.2) is 14.7 Å². The number of rotatable bonds is 10. The molecule has 0 fully saturated rings. The Bertz CT molecular complexity index is 1840. The number of aromatic nitrogens is 3. The zero-order valence-electron chi connectivity index (χ0n) is 22.5. The van der Waals surface area contributed by atoms with Crippen molar-refractivity contribution in [3.05, 3.63) is 72.7 Å². The highest BCUT2D eigenvalue weighted by Crippen LogP contribution is 2.34. The molecular formula is C28H28N6O5S2. The van der Waals surface area contributed by atoms with Gasteiger partial charge in [0.1, 0.15) is 11.9 Å². The summed E-state index contributed by atoms with van der Waals surface area (Å²) in [6, 6.07) is 12.7. The standard InChI is InChI=1S/C28H28N6O5S2/c1-4-38-23-14-18(5-8-22(23)39-16(2)3)25(33-19-6-7-20-17(13-19)9-11-30-26(20)29)27(35)34-41(36,37)28-21-15-32-40-24(21)10-12-31-28/h5-16,25,33H,4H2,1-3H3,(H2,29,30)(H,34,35). The van der Waals surface area contributed by atoms with E-state index in [1.54, 1.807) is 54.7 Å². The number of hydrogen-bond acceptors (Lipinski definition) is 11. The van der Waals surface area contributed by atoms with Gasteiger partial charge in [0.05, 0.1) is 29.0 Å². The van der Waals surface area contributed by atoms with Crippen LogP contribution in [0.3, 0.4) is 0 Å². The first-order valence-electron chi connectivity index (χ1n) is 12.8. The largest absolute Gasteiger partial charge is 0.490 e. The van der Waals surface area contributed by atoms with Crippen molar-refractivity contribution in [1.82, 2.24) is 19.1 Å². The molecule has 0 spiro atoms. The maximum absolute atomic E-state index is 13.8. The molecule has 5 aromatic rings. The second-order valence-electron chi connectivity index (χ2n) is 9.34. The van der Waals surface area contributed by atoms with Crippen molar-refractivity contribution in [1.29, 1.82) is 0 Å². The molecule has 3 aromatic heterocycles. The SMILES string of the molecule is CCOc1cc(C(Nc2ccc3c(N)nccc3c2)C(=O)NS(=O)(=O)c2nccc3sncc23)ccc1OC(C)C. The summed E-state index contributed by atoms with van der Waals surface area (Å²) in [6.07, 6.45) is 4.27. The number of carbonyl (C=O) groups excluding carboxylic acids is 1. The topological polar surface area (TPSA) is 158 Å². The Labute approximate surface area is 240 Å². The van der Waals surface area contributed by atoms with E-state index in [1.165, 1.54) is 12.4 Å². The van der Waals surface area contributed by atoms with Crippen LogP contribution in [0.2, 0.25) is 0 Å². The van der Waals surface area contributed by atoms with Crippen molar-refractivity contribution >= 4 is 59.8 Å². The van der Waals surface area contributed by atoms with Crippen molar-refractivity contribution < 1.29 is 22.7 Å². The Morgan fingerprint density at radius 3 is 2.61 bits per heavy atom. The molecule has 0 bridgehead atoms. The van der Waals surface area contributed by atoms with Gasteiger partial charge in [-0.3, -0.25) is 4.79 Å². The normalized spacial score (nSPS) is 12.4. The summed E-state index contributed by atoms with van der Waals surface area (Å²) in [5.41, 5.74) is 7.01. The number of nitrogen functional groups attached to an aromatic ring is 1. The van der Waals surface area contributed by atoms with Crippen LogP contribution < -0.4 is 25.2 Å². The van der Waals surface area contributed by atoms with Gasteiger partial charge < -0.3 is 20.5 Å². The smallest absolute Gasteiger partial charge is 0.282 e. The van der Waals surface area contributed by atoms with Gasteiger partial charge in [-0.1, -0.05) is 6.07 Å². The number of amides is 1. The molecule has 11 nitrogen and oxygen atoms in total. The molecule has 0 radical (unpaired) electrons. The summed E-state index contributed by atoms with van der Waals surface area (Å²) in [7, 11) is -4.35.